The second kappa shape index (κ2) is 7.02. The molecule has 2 aromatic heterocycles. The third-order valence-corrected chi connectivity index (χ3v) is 6.42. The van der Waals surface area contributed by atoms with Crippen molar-refractivity contribution in [2.45, 2.75) is 26.2 Å². The number of hydrogen-bond donors (Lipinski definition) is 1. The Hall–Kier alpha value is -2.73. The largest absolute Gasteiger partial charge is 0.342 e. The Morgan fingerprint density at radius 1 is 1.21 bits per heavy atom. The van der Waals surface area contributed by atoms with Gasteiger partial charge in [-0.3, -0.25) is 4.79 Å². The molecule has 0 spiro atoms. The molecule has 142 valence electrons. The molecule has 5 nitrogen and oxygen atoms in total. The summed E-state index contributed by atoms with van der Waals surface area (Å²) in [6, 6.07) is 14.0. The molecule has 1 amide bonds. The van der Waals surface area contributed by atoms with Crippen LogP contribution in [0.25, 0.3) is 21.3 Å². The van der Waals surface area contributed by atoms with E-state index >= 15 is 0 Å². The van der Waals surface area contributed by atoms with E-state index in [1.807, 2.05) is 48.2 Å². The van der Waals surface area contributed by atoms with Crippen LogP contribution in [-0.2, 0) is 6.42 Å². The lowest BCUT2D eigenvalue weighted by molar-refractivity contribution is 0.0672. The molecule has 6 heteroatoms. The zero-order valence-electron chi connectivity index (χ0n) is 15.8. The number of aromatic amines is 1. The number of aromatic nitrogens is 3. The number of para-hydroxylation sites is 2. The number of fused-ring (bicyclic) bond motifs is 2. The van der Waals surface area contributed by atoms with E-state index in [1.54, 1.807) is 11.3 Å². The number of nitrogens with zero attached hydrogens (tertiary/aromatic N) is 3. The SMILES string of the molecule is Cc1nc2cc(C(=O)N3CCCC(Cc4nc5ccccc5[nH]4)C3)ccc2s1. The van der Waals surface area contributed by atoms with Gasteiger partial charge in [0.25, 0.3) is 5.91 Å². The number of imidazole rings is 1. The number of aryl methyl sites for hydroxylation is 1. The van der Waals surface area contributed by atoms with Crippen LogP contribution in [0.5, 0.6) is 0 Å². The van der Waals surface area contributed by atoms with Gasteiger partial charge in [-0.2, -0.15) is 0 Å². The number of carbonyl (C=O) groups excluding carboxylic acids is 1. The molecule has 0 saturated carbocycles. The van der Waals surface area contributed by atoms with Crippen LogP contribution in [0.15, 0.2) is 42.5 Å². The zero-order valence-corrected chi connectivity index (χ0v) is 16.6. The minimum absolute atomic E-state index is 0.113. The topological polar surface area (TPSA) is 61.9 Å². The maximum Gasteiger partial charge on any atom is 0.253 e. The van der Waals surface area contributed by atoms with Gasteiger partial charge >= 0.3 is 0 Å². The average molecular weight is 391 g/mol. The summed E-state index contributed by atoms with van der Waals surface area (Å²) in [6.07, 6.45) is 3.04. The lowest BCUT2D eigenvalue weighted by atomic mass is 9.94. The molecule has 1 fully saturated rings. The van der Waals surface area contributed by atoms with Crippen molar-refractivity contribution in [1.29, 1.82) is 0 Å². The van der Waals surface area contributed by atoms with Crippen molar-refractivity contribution in [3.05, 3.63) is 58.9 Å². The van der Waals surface area contributed by atoms with Crippen LogP contribution < -0.4 is 0 Å². The molecule has 3 heterocycles. The summed E-state index contributed by atoms with van der Waals surface area (Å²) in [4.78, 5) is 27.7. The van der Waals surface area contributed by atoms with Crippen molar-refractivity contribution < 1.29 is 4.79 Å². The van der Waals surface area contributed by atoms with Gasteiger partial charge in [0.1, 0.15) is 5.82 Å². The Morgan fingerprint density at radius 2 is 2.11 bits per heavy atom. The average Bonchev–Trinajstić information content (AvgIpc) is 3.28. The highest BCUT2D eigenvalue weighted by Crippen LogP contribution is 2.25. The number of likely N-dealkylation sites (tertiary alicyclic amines) is 1. The normalized spacial score (nSPS) is 17.5. The molecular formula is C22H22N4OS. The highest BCUT2D eigenvalue weighted by molar-refractivity contribution is 7.18. The number of piperidine rings is 1. The zero-order chi connectivity index (χ0) is 19.1. The van der Waals surface area contributed by atoms with E-state index in [1.165, 1.54) is 0 Å². The van der Waals surface area contributed by atoms with Gasteiger partial charge in [-0.25, -0.2) is 9.97 Å². The van der Waals surface area contributed by atoms with Crippen LogP contribution in [0.4, 0.5) is 0 Å². The maximum atomic E-state index is 13.1. The van der Waals surface area contributed by atoms with Crippen molar-refractivity contribution in [3.63, 3.8) is 0 Å². The van der Waals surface area contributed by atoms with Gasteiger partial charge in [-0.15, -0.1) is 11.3 Å². The van der Waals surface area contributed by atoms with Gasteiger partial charge in [0, 0.05) is 25.1 Å². The molecule has 0 aliphatic carbocycles. The van der Waals surface area contributed by atoms with Crippen LogP contribution in [0.2, 0.25) is 0 Å². The number of benzene rings is 2. The lowest BCUT2D eigenvalue weighted by Crippen LogP contribution is -2.40. The molecule has 28 heavy (non-hydrogen) atoms. The first-order valence-corrected chi connectivity index (χ1v) is 10.6. The van der Waals surface area contributed by atoms with E-state index in [0.717, 1.165) is 70.0 Å². The van der Waals surface area contributed by atoms with Gasteiger partial charge in [-0.05, 0) is 56.0 Å². The van der Waals surface area contributed by atoms with Gasteiger partial charge in [0.05, 0.1) is 26.3 Å². The first kappa shape index (κ1) is 17.4. The van der Waals surface area contributed by atoms with Crippen molar-refractivity contribution in [2.75, 3.05) is 13.1 Å². The number of nitrogens with one attached hydrogen (secondary N) is 1. The first-order chi connectivity index (χ1) is 13.7. The van der Waals surface area contributed by atoms with Gasteiger partial charge < -0.3 is 9.88 Å². The smallest absolute Gasteiger partial charge is 0.253 e. The minimum Gasteiger partial charge on any atom is -0.342 e. The van der Waals surface area contributed by atoms with Gasteiger partial charge in [0.2, 0.25) is 0 Å². The molecule has 1 aliphatic heterocycles. The van der Waals surface area contributed by atoms with Crippen molar-refractivity contribution in [1.82, 2.24) is 19.9 Å². The molecule has 1 aliphatic rings. The van der Waals surface area contributed by atoms with Gasteiger partial charge in [-0.1, -0.05) is 12.1 Å². The van der Waals surface area contributed by atoms with E-state index in [4.69, 9.17) is 4.98 Å². The number of H-pyrrole nitrogens is 1. The predicted molar refractivity (Wildman–Crippen MR) is 113 cm³/mol. The fraction of sp³-hybridized carbons (Fsp3) is 0.318. The van der Waals surface area contributed by atoms with Crippen LogP contribution in [-0.4, -0.2) is 38.8 Å². The Bertz CT molecular complexity index is 1130. The third kappa shape index (κ3) is 3.29. The Morgan fingerprint density at radius 3 is 3.00 bits per heavy atom. The van der Waals surface area contributed by atoms with Crippen molar-refractivity contribution >= 4 is 38.5 Å². The second-order valence-corrected chi connectivity index (χ2v) is 8.81. The Balaban J connectivity index is 1.31. The minimum atomic E-state index is 0.113. The van der Waals surface area contributed by atoms with Crippen LogP contribution in [0.3, 0.4) is 0 Å². The molecule has 0 bridgehead atoms. The van der Waals surface area contributed by atoms with Gasteiger partial charge in [0.15, 0.2) is 0 Å². The molecule has 0 radical (unpaired) electrons. The molecule has 2 aromatic carbocycles. The highest BCUT2D eigenvalue weighted by atomic mass is 32.1. The molecule has 1 saturated heterocycles. The molecule has 1 atom stereocenters. The Labute approximate surface area is 167 Å². The predicted octanol–water partition coefficient (Wildman–Crippen LogP) is 4.58. The number of amides is 1. The molecular weight excluding hydrogens is 368 g/mol. The highest BCUT2D eigenvalue weighted by Gasteiger charge is 2.25. The van der Waals surface area contributed by atoms with E-state index in [2.05, 4.69) is 16.0 Å². The quantitative estimate of drug-likeness (QED) is 0.557. The summed E-state index contributed by atoms with van der Waals surface area (Å²) in [6.45, 7) is 3.60. The Kier molecular flexibility index (Phi) is 4.36. The molecule has 4 aromatic rings. The van der Waals surface area contributed by atoms with Crippen LogP contribution in [0, 0.1) is 12.8 Å². The summed E-state index contributed by atoms with van der Waals surface area (Å²) >= 11 is 1.66. The summed E-state index contributed by atoms with van der Waals surface area (Å²) in [7, 11) is 0. The number of rotatable bonds is 3. The van der Waals surface area contributed by atoms with E-state index in [9.17, 15) is 4.79 Å². The molecule has 5 rings (SSSR count). The second-order valence-electron chi connectivity index (χ2n) is 7.58. The first-order valence-electron chi connectivity index (χ1n) is 9.76. The van der Waals surface area contributed by atoms with Crippen molar-refractivity contribution in [2.24, 2.45) is 5.92 Å². The summed E-state index contributed by atoms with van der Waals surface area (Å²) in [5.41, 5.74) is 3.74. The summed E-state index contributed by atoms with van der Waals surface area (Å²) in [5.74, 6) is 1.56. The van der Waals surface area contributed by atoms with Crippen molar-refractivity contribution in [3.8, 4) is 0 Å². The van der Waals surface area contributed by atoms with E-state index in [-0.39, 0.29) is 5.91 Å². The fourth-order valence-corrected chi connectivity index (χ4v) is 4.96. The standard InChI is InChI=1S/C22H22N4OS/c1-14-23-19-12-16(8-9-20(19)28-14)22(27)26-10-4-5-15(13-26)11-21-24-17-6-2-3-7-18(17)25-21/h2-3,6-9,12,15H,4-5,10-11,13H2,1H3,(H,24,25). The maximum absolute atomic E-state index is 13.1. The molecule has 1 N–H and O–H groups in total. The lowest BCUT2D eigenvalue weighted by Gasteiger charge is -2.32. The number of carbonyl (C=O) groups is 1. The van der Waals surface area contributed by atoms with E-state index in [0.29, 0.717) is 5.92 Å². The summed E-state index contributed by atoms with van der Waals surface area (Å²) < 4.78 is 1.13. The third-order valence-electron chi connectivity index (χ3n) is 5.47. The molecule has 1 unspecified atom stereocenters. The van der Waals surface area contributed by atoms with E-state index < -0.39 is 0 Å². The van der Waals surface area contributed by atoms with Crippen LogP contribution >= 0.6 is 11.3 Å². The summed E-state index contributed by atoms with van der Waals surface area (Å²) in [5, 5.41) is 1.03. The number of hydrogen-bond acceptors (Lipinski definition) is 4. The fourth-order valence-electron chi connectivity index (χ4n) is 4.15. The van der Waals surface area contributed by atoms with Crippen LogP contribution in [0.1, 0.15) is 34.0 Å². The monoisotopic (exact) mass is 390 g/mol. The number of thiazole rings is 1.